The van der Waals surface area contributed by atoms with E-state index in [0.29, 0.717) is 28.0 Å². The van der Waals surface area contributed by atoms with E-state index in [2.05, 4.69) is 10.3 Å². The van der Waals surface area contributed by atoms with Crippen LogP contribution in [0.2, 0.25) is 0 Å². The Balaban J connectivity index is 1.70. The molecule has 1 aliphatic rings. The van der Waals surface area contributed by atoms with Crippen LogP contribution in [0.4, 0.5) is 5.82 Å². The van der Waals surface area contributed by atoms with Gasteiger partial charge >= 0.3 is 0 Å². The predicted octanol–water partition coefficient (Wildman–Crippen LogP) is 2.69. The van der Waals surface area contributed by atoms with Crippen molar-refractivity contribution < 1.29 is 14.6 Å². The van der Waals surface area contributed by atoms with Crippen LogP contribution in [0.5, 0.6) is 0 Å². The Morgan fingerprint density at radius 2 is 1.97 bits per heavy atom. The number of rotatable bonds is 8. The molecule has 0 spiro atoms. The summed E-state index contributed by atoms with van der Waals surface area (Å²) in [4.78, 5) is 32.5. The number of thioether (sulfide) groups is 1. The molecule has 0 bridgehead atoms. The Kier molecular flexibility index (Phi) is 7.19. The van der Waals surface area contributed by atoms with Crippen LogP contribution in [-0.4, -0.2) is 56.4 Å². The third-order valence-electron chi connectivity index (χ3n) is 5.08. The first-order chi connectivity index (χ1) is 16.0. The quantitative estimate of drug-likeness (QED) is 0.374. The van der Waals surface area contributed by atoms with Crippen LogP contribution in [0.1, 0.15) is 17.2 Å². The monoisotopic (exact) mass is 482 g/mol. The molecule has 3 heterocycles. The van der Waals surface area contributed by atoms with Crippen LogP contribution in [0.3, 0.4) is 0 Å². The number of aromatic nitrogens is 2. The number of carbonyl (C=O) groups is 1. The minimum Gasteiger partial charge on any atom is -0.387 e. The molecule has 0 aliphatic carbocycles. The first-order valence-corrected chi connectivity index (χ1v) is 11.4. The van der Waals surface area contributed by atoms with Crippen LogP contribution in [0, 0.1) is 0 Å². The maximum absolute atomic E-state index is 13.3. The largest absolute Gasteiger partial charge is 0.387 e. The number of methoxy groups -OCH3 is 1. The summed E-state index contributed by atoms with van der Waals surface area (Å²) in [6.07, 6.45) is 2.33. The van der Waals surface area contributed by atoms with E-state index in [1.807, 2.05) is 30.3 Å². The van der Waals surface area contributed by atoms with Gasteiger partial charge in [0.1, 0.15) is 15.8 Å². The van der Waals surface area contributed by atoms with Gasteiger partial charge in [-0.3, -0.25) is 18.9 Å². The van der Waals surface area contributed by atoms with Crippen LogP contribution in [-0.2, 0) is 9.53 Å². The molecule has 33 heavy (non-hydrogen) atoms. The Morgan fingerprint density at radius 3 is 2.73 bits per heavy atom. The average molecular weight is 483 g/mol. The van der Waals surface area contributed by atoms with Crippen molar-refractivity contribution in [2.24, 2.45) is 0 Å². The van der Waals surface area contributed by atoms with E-state index < -0.39 is 6.10 Å². The van der Waals surface area contributed by atoms with Gasteiger partial charge in [-0.25, -0.2) is 4.98 Å². The Bertz CT molecular complexity index is 1280. The van der Waals surface area contributed by atoms with Gasteiger partial charge in [0.05, 0.1) is 29.7 Å². The van der Waals surface area contributed by atoms with Gasteiger partial charge < -0.3 is 15.2 Å². The lowest BCUT2D eigenvalue weighted by molar-refractivity contribution is -0.122. The lowest BCUT2D eigenvalue weighted by atomic mass is 10.1. The van der Waals surface area contributed by atoms with Crippen molar-refractivity contribution in [3.05, 3.63) is 81.1 Å². The summed E-state index contributed by atoms with van der Waals surface area (Å²) >= 11 is 6.46. The van der Waals surface area contributed by atoms with Crippen molar-refractivity contribution in [3.63, 3.8) is 0 Å². The highest BCUT2D eigenvalue weighted by atomic mass is 32.2. The molecule has 1 fully saturated rings. The molecule has 1 aliphatic heterocycles. The third-order valence-corrected chi connectivity index (χ3v) is 6.46. The molecular weight excluding hydrogens is 460 g/mol. The number of aliphatic hydroxyl groups is 1. The fourth-order valence-corrected chi connectivity index (χ4v) is 4.65. The molecule has 1 amide bonds. The summed E-state index contributed by atoms with van der Waals surface area (Å²) in [5, 5.41) is 13.6. The molecule has 170 valence electrons. The van der Waals surface area contributed by atoms with E-state index in [9.17, 15) is 14.7 Å². The first kappa shape index (κ1) is 23.1. The fourth-order valence-electron chi connectivity index (χ4n) is 3.36. The molecule has 0 unspecified atom stereocenters. The summed E-state index contributed by atoms with van der Waals surface area (Å²) in [6, 6.07) is 14.4. The van der Waals surface area contributed by atoms with Gasteiger partial charge in [0.25, 0.3) is 11.5 Å². The van der Waals surface area contributed by atoms with E-state index in [0.717, 1.165) is 17.3 Å². The summed E-state index contributed by atoms with van der Waals surface area (Å²) in [5.74, 6) is -0.00165. The Labute approximate surface area is 199 Å². The summed E-state index contributed by atoms with van der Waals surface area (Å²) < 4.78 is 6.87. The van der Waals surface area contributed by atoms with E-state index >= 15 is 0 Å². The number of nitrogens with zero attached hydrogens (tertiary/aromatic N) is 3. The zero-order valence-corrected chi connectivity index (χ0v) is 19.4. The van der Waals surface area contributed by atoms with Gasteiger partial charge in [-0.05, 0) is 23.8 Å². The van der Waals surface area contributed by atoms with Crippen LogP contribution in [0.25, 0.3) is 11.7 Å². The number of hydrogen-bond donors (Lipinski definition) is 2. The number of thiocarbonyl (C=S) groups is 1. The Morgan fingerprint density at radius 1 is 1.21 bits per heavy atom. The minimum absolute atomic E-state index is 0.134. The number of aliphatic hydroxyl groups excluding tert-OH is 1. The number of benzene rings is 1. The van der Waals surface area contributed by atoms with Crippen molar-refractivity contribution in [1.29, 1.82) is 0 Å². The number of pyridine rings is 1. The third kappa shape index (κ3) is 4.98. The van der Waals surface area contributed by atoms with Gasteiger partial charge in [-0.1, -0.05) is 60.4 Å². The standard InChI is InChI=1S/C23H22N4O4S2/c1-31-12-11-27-22(30)18(33-23(27)32)13-16-20(24-14-17(28)15-7-3-2-4-8-15)25-19-9-5-6-10-26(19)21(16)29/h2-10,13,17,24,28H,11-12,14H2,1H3/b18-13-/t17-/m0/s1. The van der Waals surface area contributed by atoms with Gasteiger partial charge in [-0.15, -0.1) is 0 Å². The van der Waals surface area contributed by atoms with Gasteiger partial charge in [0.2, 0.25) is 0 Å². The summed E-state index contributed by atoms with van der Waals surface area (Å²) in [6.45, 7) is 0.820. The lowest BCUT2D eigenvalue weighted by Crippen LogP contribution is -2.31. The number of carbonyl (C=O) groups excluding carboxylic acids is 1. The van der Waals surface area contributed by atoms with Crippen molar-refractivity contribution in [2.45, 2.75) is 6.10 Å². The maximum Gasteiger partial charge on any atom is 0.267 e. The molecule has 4 rings (SSSR count). The molecular formula is C23H22N4O4S2. The molecule has 0 radical (unpaired) electrons. The first-order valence-electron chi connectivity index (χ1n) is 10.2. The number of fused-ring (bicyclic) bond motifs is 1. The number of anilines is 1. The molecule has 2 aromatic heterocycles. The summed E-state index contributed by atoms with van der Waals surface area (Å²) in [5.41, 5.74) is 1.07. The Hall–Kier alpha value is -3.05. The molecule has 1 saturated heterocycles. The number of amides is 1. The zero-order chi connectivity index (χ0) is 23.4. The van der Waals surface area contributed by atoms with E-state index in [1.165, 1.54) is 15.4 Å². The highest BCUT2D eigenvalue weighted by molar-refractivity contribution is 8.26. The minimum atomic E-state index is -0.803. The fraction of sp³-hybridized carbons (Fsp3) is 0.217. The summed E-state index contributed by atoms with van der Waals surface area (Å²) in [7, 11) is 1.55. The normalized spacial score (nSPS) is 16.1. The lowest BCUT2D eigenvalue weighted by Gasteiger charge is -2.15. The molecule has 2 N–H and O–H groups in total. The molecule has 1 aromatic carbocycles. The van der Waals surface area contributed by atoms with Crippen LogP contribution in [0.15, 0.2) is 64.4 Å². The highest BCUT2D eigenvalue weighted by Gasteiger charge is 2.32. The maximum atomic E-state index is 13.3. The second-order valence-electron chi connectivity index (χ2n) is 7.24. The predicted molar refractivity (Wildman–Crippen MR) is 133 cm³/mol. The zero-order valence-electron chi connectivity index (χ0n) is 17.8. The van der Waals surface area contributed by atoms with E-state index in [4.69, 9.17) is 17.0 Å². The van der Waals surface area contributed by atoms with Gasteiger partial charge in [0, 0.05) is 19.9 Å². The van der Waals surface area contributed by atoms with Crippen LogP contribution < -0.4 is 10.9 Å². The molecule has 1 atom stereocenters. The second-order valence-corrected chi connectivity index (χ2v) is 8.92. The highest BCUT2D eigenvalue weighted by Crippen LogP contribution is 2.33. The molecule has 8 nitrogen and oxygen atoms in total. The SMILES string of the molecule is COCCN1C(=O)/C(=C/c2c(NC[C@H](O)c3ccccc3)nc3ccccn3c2=O)SC1=S. The van der Waals surface area contributed by atoms with Gasteiger partial charge in [-0.2, -0.15) is 0 Å². The smallest absolute Gasteiger partial charge is 0.267 e. The van der Waals surface area contributed by atoms with Crippen LogP contribution >= 0.6 is 24.0 Å². The van der Waals surface area contributed by atoms with E-state index in [1.54, 1.807) is 31.5 Å². The number of hydrogen-bond acceptors (Lipinski definition) is 8. The molecule has 3 aromatic rings. The average Bonchev–Trinajstić information content (AvgIpc) is 3.10. The van der Waals surface area contributed by atoms with Crippen molar-refractivity contribution in [1.82, 2.24) is 14.3 Å². The number of nitrogens with one attached hydrogen (secondary N) is 1. The molecule has 0 saturated carbocycles. The van der Waals surface area contributed by atoms with Crippen molar-refractivity contribution in [2.75, 3.05) is 32.1 Å². The molecule has 10 heteroatoms. The second kappa shape index (κ2) is 10.3. The van der Waals surface area contributed by atoms with E-state index in [-0.39, 0.29) is 29.4 Å². The topological polar surface area (TPSA) is 96.2 Å². The number of ether oxygens (including phenoxy) is 1. The van der Waals surface area contributed by atoms with Crippen molar-refractivity contribution in [3.8, 4) is 0 Å². The van der Waals surface area contributed by atoms with Crippen molar-refractivity contribution >= 4 is 51.7 Å². The van der Waals surface area contributed by atoms with Gasteiger partial charge in [0.15, 0.2) is 0 Å².